The summed E-state index contributed by atoms with van der Waals surface area (Å²) in [5, 5.41) is 4.08. The van der Waals surface area contributed by atoms with Gasteiger partial charge in [0.2, 0.25) is 0 Å². The Bertz CT molecular complexity index is 396. The van der Waals surface area contributed by atoms with E-state index in [1.807, 2.05) is 11.8 Å². The van der Waals surface area contributed by atoms with Gasteiger partial charge in [-0.15, -0.1) is 11.3 Å². The molecule has 100 valence electrons. The van der Waals surface area contributed by atoms with E-state index in [4.69, 9.17) is 0 Å². The zero-order valence-corrected chi connectivity index (χ0v) is 13.7. The molecule has 18 heavy (non-hydrogen) atoms. The molecule has 1 atom stereocenters. The van der Waals surface area contributed by atoms with Crippen LogP contribution in [0.1, 0.15) is 39.9 Å². The minimum Gasteiger partial charge on any atom is -0.349 e. The molecule has 0 bridgehead atoms. The van der Waals surface area contributed by atoms with Crippen molar-refractivity contribution in [2.75, 3.05) is 11.1 Å². The Morgan fingerprint density at radius 1 is 1.61 bits per heavy atom. The molecule has 1 aliphatic rings. The summed E-state index contributed by atoms with van der Waals surface area (Å²) >= 11 is 7.05. The second kappa shape index (κ2) is 6.96. The molecule has 1 unspecified atom stereocenters. The van der Waals surface area contributed by atoms with Crippen LogP contribution in [0.15, 0.2) is 6.07 Å². The third-order valence-electron chi connectivity index (χ3n) is 3.00. The smallest absolute Gasteiger partial charge is 0.261 e. The molecule has 1 aromatic rings. The van der Waals surface area contributed by atoms with E-state index in [9.17, 15) is 4.79 Å². The first-order valence-corrected chi connectivity index (χ1v) is 9.36. The van der Waals surface area contributed by atoms with Gasteiger partial charge in [0.15, 0.2) is 0 Å². The lowest BCUT2D eigenvalue weighted by molar-refractivity contribution is 0.0942. The Hall–Kier alpha value is -0.000000000000000111. The molecule has 5 heteroatoms. The first kappa shape index (κ1) is 14.4. The number of aryl methyl sites for hydroxylation is 1. The van der Waals surface area contributed by atoms with Crippen LogP contribution < -0.4 is 5.32 Å². The topological polar surface area (TPSA) is 29.1 Å². The highest BCUT2D eigenvalue weighted by Gasteiger charge is 2.18. The lowest BCUT2D eigenvalue weighted by Crippen LogP contribution is -2.32. The summed E-state index contributed by atoms with van der Waals surface area (Å²) in [4.78, 5) is 14.4. The molecule has 1 aliphatic heterocycles. The second-order valence-corrected chi connectivity index (χ2v) is 7.60. The Morgan fingerprint density at radius 3 is 3.17 bits per heavy atom. The van der Waals surface area contributed by atoms with Gasteiger partial charge in [-0.05, 0) is 43.6 Å². The number of thioether (sulfide) groups is 1. The molecule has 0 saturated carbocycles. The number of rotatable bonds is 5. The number of amides is 1. The van der Waals surface area contributed by atoms with Crippen molar-refractivity contribution in [2.45, 2.75) is 38.0 Å². The van der Waals surface area contributed by atoms with Gasteiger partial charge < -0.3 is 5.32 Å². The zero-order valence-electron chi connectivity index (χ0n) is 10.5. The number of hydrogen-bond donors (Lipinski definition) is 1. The van der Waals surface area contributed by atoms with Gasteiger partial charge in [-0.1, -0.05) is 15.9 Å². The van der Waals surface area contributed by atoms with Crippen molar-refractivity contribution < 1.29 is 4.79 Å². The Morgan fingerprint density at radius 2 is 2.44 bits per heavy atom. The van der Waals surface area contributed by atoms with Crippen LogP contribution >= 0.6 is 39.0 Å². The summed E-state index contributed by atoms with van der Waals surface area (Å²) in [6.45, 7) is 2.07. The third-order valence-corrected chi connectivity index (χ3v) is 5.80. The van der Waals surface area contributed by atoms with Crippen molar-refractivity contribution in [1.29, 1.82) is 0 Å². The Labute approximate surface area is 125 Å². The van der Waals surface area contributed by atoms with Crippen LogP contribution in [0.25, 0.3) is 0 Å². The summed E-state index contributed by atoms with van der Waals surface area (Å²) in [6.07, 6.45) is 3.24. The minimum absolute atomic E-state index is 0.0986. The summed E-state index contributed by atoms with van der Waals surface area (Å²) in [5.74, 6) is 2.36. The fraction of sp³-hybridized carbons (Fsp3) is 0.615. The highest BCUT2D eigenvalue weighted by atomic mass is 79.9. The second-order valence-electron chi connectivity index (χ2n) is 4.57. The lowest BCUT2D eigenvalue weighted by Gasteiger charge is -2.11. The Kier molecular flexibility index (Phi) is 5.57. The molecule has 2 heterocycles. The van der Waals surface area contributed by atoms with Gasteiger partial charge in [-0.2, -0.15) is 11.8 Å². The van der Waals surface area contributed by atoms with Crippen LogP contribution in [0.4, 0.5) is 0 Å². The molecular formula is C13H18BrNOS2. The summed E-state index contributed by atoms with van der Waals surface area (Å²) in [5.41, 5.74) is 1.37. The molecule has 0 aliphatic carbocycles. The van der Waals surface area contributed by atoms with Crippen LogP contribution in [-0.4, -0.2) is 23.0 Å². The van der Waals surface area contributed by atoms with Crippen LogP contribution in [0.3, 0.4) is 0 Å². The first-order valence-electron chi connectivity index (χ1n) is 6.27. The van der Waals surface area contributed by atoms with E-state index in [-0.39, 0.29) is 11.9 Å². The monoisotopic (exact) mass is 347 g/mol. The predicted molar refractivity (Wildman–Crippen MR) is 84.1 cm³/mol. The molecule has 2 nitrogen and oxygen atoms in total. The number of nitrogens with one attached hydrogen (secondary N) is 1. The van der Waals surface area contributed by atoms with Gasteiger partial charge in [0.1, 0.15) is 0 Å². The van der Waals surface area contributed by atoms with E-state index in [0.717, 1.165) is 35.2 Å². The van der Waals surface area contributed by atoms with Crippen molar-refractivity contribution in [3.63, 3.8) is 0 Å². The molecule has 2 rings (SSSR count). The van der Waals surface area contributed by atoms with E-state index in [1.165, 1.54) is 16.2 Å². The van der Waals surface area contributed by atoms with Crippen molar-refractivity contribution in [3.8, 4) is 0 Å². The van der Waals surface area contributed by atoms with Gasteiger partial charge in [0, 0.05) is 22.0 Å². The number of alkyl halides is 1. The maximum Gasteiger partial charge on any atom is 0.261 e. The van der Waals surface area contributed by atoms with E-state index < -0.39 is 0 Å². The highest BCUT2D eigenvalue weighted by Crippen LogP contribution is 2.31. The highest BCUT2D eigenvalue weighted by molar-refractivity contribution is 9.09. The maximum atomic E-state index is 12.1. The largest absolute Gasteiger partial charge is 0.349 e. The molecule has 0 radical (unpaired) electrons. The third kappa shape index (κ3) is 3.75. The lowest BCUT2D eigenvalue weighted by atomic mass is 10.2. The predicted octanol–water partition coefficient (Wildman–Crippen LogP) is 3.83. The van der Waals surface area contributed by atoms with Crippen molar-refractivity contribution in [2.24, 2.45) is 0 Å². The summed E-state index contributed by atoms with van der Waals surface area (Å²) in [6, 6.07) is 2.34. The summed E-state index contributed by atoms with van der Waals surface area (Å²) in [7, 11) is 0. The number of carbonyl (C=O) groups is 1. The van der Waals surface area contributed by atoms with Gasteiger partial charge in [0.25, 0.3) is 5.91 Å². The number of fused-ring (bicyclic) bond motifs is 1. The molecule has 0 spiro atoms. The number of thiophene rings is 1. The molecule has 0 aromatic carbocycles. The van der Waals surface area contributed by atoms with Crippen molar-refractivity contribution >= 4 is 44.9 Å². The van der Waals surface area contributed by atoms with Gasteiger partial charge in [0.05, 0.1) is 4.88 Å². The van der Waals surface area contributed by atoms with Crippen LogP contribution in [-0.2, 0) is 12.2 Å². The zero-order chi connectivity index (χ0) is 13.0. The molecule has 1 aromatic heterocycles. The number of hydrogen-bond acceptors (Lipinski definition) is 3. The van der Waals surface area contributed by atoms with Gasteiger partial charge in [-0.25, -0.2) is 0 Å². The van der Waals surface area contributed by atoms with Crippen LogP contribution in [0.2, 0.25) is 0 Å². The van der Waals surface area contributed by atoms with Crippen LogP contribution in [0.5, 0.6) is 0 Å². The number of halogens is 1. The van der Waals surface area contributed by atoms with E-state index >= 15 is 0 Å². The molecular weight excluding hydrogens is 330 g/mol. The average Bonchev–Trinajstić information content (AvgIpc) is 2.80. The summed E-state index contributed by atoms with van der Waals surface area (Å²) < 4.78 is 0. The van der Waals surface area contributed by atoms with Crippen LogP contribution in [0, 0.1) is 0 Å². The van der Waals surface area contributed by atoms with E-state index in [0.29, 0.717) is 0 Å². The fourth-order valence-corrected chi connectivity index (χ4v) is 4.61. The molecule has 0 fully saturated rings. The maximum absolute atomic E-state index is 12.1. The fourth-order valence-electron chi connectivity index (χ4n) is 2.01. The molecule has 1 amide bonds. The van der Waals surface area contributed by atoms with Crippen molar-refractivity contribution in [1.82, 2.24) is 5.32 Å². The standard InChI is InChI=1S/C13H18BrNOS2/c1-9(3-2-5-14)15-13(16)12-7-10-8-17-6-4-11(10)18-12/h7,9H,2-6,8H2,1H3,(H,15,16). The van der Waals surface area contributed by atoms with Crippen molar-refractivity contribution in [3.05, 3.63) is 21.4 Å². The SMILES string of the molecule is CC(CCCBr)NC(=O)c1cc2c(s1)CCSC2. The van der Waals surface area contributed by atoms with E-state index in [1.54, 1.807) is 11.3 Å². The normalized spacial score (nSPS) is 16.1. The number of carbonyl (C=O) groups excluding carboxylic acids is 1. The van der Waals surface area contributed by atoms with E-state index in [2.05, 4.69) is 34.2 Å². The minimum atomic E-state index is 0.0986. The first-order chi connectivity index (χ1) is 8.70. The van der Waals surface area contributed by atoms with Gasteiger partial charge >= 0.3 is 0 Å². The molecule has 1 N–H and O–H groups in total. The van der Waals surface area contributed by atoms with Gasteiger partial charge in [-0.3, -0.25) is 4.79 Å². The molecule has 0 saturated heterocycles. The Balaban J connectivity index is 1.94. The average molecular weight is 348 g/mol. The quantitative estimate of drug-likeness (QED) is 0.820.